The van der Waals surface area contributed by atoms with Gasteiger partial charge in [0.1, 0.15) is 23.5 Å². The summed E-state index contributed by atoms with van der Waals surface area (Å²) in [5.74, 6) is 1.64. The number of piperidine rings is 1. The van der Waals surface area contributed by atoms with Gasteiger partial charge in [-0.25, -0.2) is 9.97 Å². The molecule has 3 N–H and O–H groups in total. The molecule has 1 aromatic carbocycles. The minimum absolute atomic E-state index is 0.0636. The number of nitrogens with one attached hydrogen (secondary N) is 1. The molecule has 0 bridgehead atoms. The van der Waals surface area contributed by atoms with E-state index < -0.39 is 0 Å². The Labute approximate surface area is 153 Å². The Hall–Kier alpha value is -2.63. The van der Waals surface area contributed by atoms with Crippen molar-refractivity contribution in [2.75, 3.05) is 23.7 Å². The number of ether oxygens (including phenoxy) is 1. The second-order valence-electron chi connectivity index (χ2n) is 7.49. The molecule has 4 rings (SSSR count). The van der Waals surface area contributed by atoms with Crippen LogP contribution in [0.2, 0.25) is 0 Å². The SMILES string of the molecule is CC1(Oc2ccc(N)c(C(=N)c3cc(N4CCCCC4)ncn3)c2)CC1. The summed E-state index contributed by atoms with van der Waals surface area (Å²) in [6.07, 6.45) is 7.30. The predicted octanol–water partition coefficient (Wildman–Crippen LogP) is 3.40. The Kier molecular flexibility index (Phi) is 4.26. The van der Waals surface area contributed by atoms with Crippen LogP contribution in [0.25, 0.3) is 0 Å². The first-order valence-corrected chi connectivity index (χ1v) is 9.29. The van der Waals surface area contributed by atoms with Crippen molar-refractivity contribution in [2.45, 2.75) is 44.6 Å². The van der Waals surface area contributed by atoms with Gasteiger partial charge in [0.25, 0.3) is 0 Å². The molecule has 6 nitrogen and oxygen atoms in total. The first-order valence-electron chi connectivity index (χ1n) is 9.29. The van der Waals surface area contributed by atoms with Crippen molar-refractivity contribution in [3.63, 3.8) is 0 Å². The van der Waals surface area contributed by atoms with Crippen molar-refractivity contribution < 1.29 is 4.74 Å². The number of rotatable bonds is 5. The van der Waals surface area contributed by atoms with E-state index in [9.17, 15) is 0 Å². The Morgan fingerprint density at radius 1 is 1.15 bits per heavy atom. The number of nitrogen functional groups attached to an aromatic ring is 1. The molecule has 2 heterocycles. The van der Waals surface area contributed by atoms with Gasteiger partial charge < -0.3 is 15.4 Å². The summed E-state index contributed by atoms with van der Waals surface area (Å²) in [6, 6.07) is 7.42. The largest absolute Gasteiger partial charge is 0.488 e. The summed E-state index contributed by atoms with van der Waals surface area (Å²) in [7, 11) is 0. The molecule has 1 saturated carbocycles. The van der Waals surface area contributed by atoms with Gasteiger partial charge in [-0.2, -0.15) is 0 Å². The molecule has 1 aliphatic heterocycles. The highest BCUT2D eigenvalue weighted by molar-refractivity contribution is 6.13. The monoisotopic (exact) mass is 351 g/mol. The molecule has 2 aliphatic rings. The first-order chi connectivity index (χ1) is 12.5. The zero-order valence-electron chi connectivity index (χ0n) is 15.2. The van der Waals surface area contributed by atoms with Crippen LogP contribution in [0.3, 0.4) is 0 Å². The first kappa shape index (κ1) is 16.8. The van der Waals surface area contributed by atoms with Gasteiger partial charge in [-0.05, 0) is 57.2 Å². The summed E-state index contributed by atoms with van der Waals surface area (Å²) in [5.41, 5.74) is 8.16. The maximum Gasteiger partial charge on any atom is 0.132 e. The lowest BCUT2D eigenvalue weighted by Gasteiger charge is -2.27. The molecule has 26 heavy (non-hydrogen) atoms. The van der Waals surface area contributed by atoms with Crippen LogP contribution in [0.5, 0.6) is 5.75 Å². The Balaban J connectivity index is 1.59. The van der Waals surface area contributed by atoms with E-state index in [0.717, 1.165) is 37.5 Å². The van der Waals surface area contributed by atoms with E-state index in [1.807, 2.05) is 18.2 Å². The van der Waals surface area contributed by atoms with Crippen LogP contribution in [0.1, 0.15) is 50.3 Å². The molecule has 1 saturated heterocycles. The Morgan fingerprint density at radius 3 is 2.65 bits per heavy atom. The van der Waals surface area contributed by atoms with Gasteiger partial charge in [0.15, 0.2) is 0 Å². The zero-order chi connectivity index (χ0) is 18.1. The Morgan fingerprint density at radius 2 is 1.92 bits per heavy atom. The minimum atomic E-state index is -0.0636. The molecule has 0 amide bonds. The van der Waals surface area contributed by atoms with E-state index in [2.05, 4.69) is 21.8 Å². The molecule has 136 valence electrons. The lowest BCUT2D eigenvalue weighted by atomic mass is 10.0. The molecular weight excluding hydrogens is 326 g/mol. The highest BCUT2D eigenvalue weighted by atomic mass is 16.5. The van der Waals surface area contributed by atoms with Crippen LogP contribution in [0.4, 0.5) is 11.5 Å². The number of aromatic nitrogens is 2. The fourth-order valence-corrected chi connectivity index (χ4v) is 3.30. The van der Waals surface area contributed by atoms with Gasteiger partial charge in [0.2, 0.25) is 0 Å². The summed E-state index contributed by atoms with van der Waals surface area (Å²) in [5, 5.41) is 8.62. The summed E-state index contributed by atoms with van der Waals surface area (Å²) in [4.78, 5) is 11.0. The molecule has 0 spiro atoms. The molecule has 1 aromatic heterocycles. The minimum Gasteiger partial charge on any atom is -0.488 e. The van der Waals surface area contributed by atoms with Crippen molar-refractivity contribution in [3.05, 3.63) is 41.9 Å². The van der Waals surface area contributed by atoms with Crippen molar-refractivity contribution in [2.24, 2.45) is 0 Å². The van der Waals surface area contributed by atoms with E-state index in [-0.39, 0.29) is 5.60 Å². The number of nitrogens with zero attached hydrogens (tertiary/aromatic N) is 3. The zero-order valence-corrected chi connectivity index (χ0v) is 15.2. The van der Waals surface area contributed by atoms with E-state index >= 15 is 0 Å². The van der Waals surface area contributed by atoms with Gasteiger partial charge >= 0.3 is 0 Å². The molecule has 0 atom stereocenters. The second kappa shape index (κ2) is 6.59. The molecule has 0 radical (unpaired) electrons. The van der Waals surface area contributed by atoms with Crippen molar-refractivity contribution in [1.29, 1.82) is 5.41 Å². The van der Waals surface area contributed by atoms with Crippen molar-refractivity contribution in [1.82, 2.24) is 9.97 Å². The molecule has 6 heteroatoms. The summed E-state index contributed by atoms with van der Waals surface area (Å²) in [6.45, 7) is 4.12. The van der Waals surface area contributed by atoms with Gasteiger partial charge in [-0.3, -0.25) is 5.41 Å². The van der Waals surface area contributed by atoms with Crippen LogP contribution in [-0.4, -0.2) is 34.4 Å². The predicted molar refractivity (Wildman–Crippen MR) is 103 cm³/mol. The second-order valence-corrected chi connectivity index (χ2v) is 7.49. The third-order valence-corrected chi connectivity index (χ3v) is 5.20. The summed E-state index contributed by atoms with van der Waals surface area (Å²) >= 11 is 0. The van der Waals surface area contributed by atoms with E-state index in [1.54, 1.807) is 6.07 Å². The maximum atomic E-state index is 8.62. The maximum absolute atomic E-state index is 8.62. The van der Waals surface area contributed by atoms with E-state index in [1.165, 1.54) is 25.6 Å². The van der Waals surface area contributed by atoms with Crippen molar-refractivity contribution in [3.8, 4) is 5.75 Å². The van der Waals surface area contributed by atoms with Crippen LogP contribution in [-0.2, 0) is 0 Å². The number of hydrogen-bond acceptors (Lipinski definition) is 6. The molecule has 2 fully saturated rings. The third kappa shape index (κ3) is 3.49. The molecule has 1 aliphatic carbocycles. The van der Waals surface area contributed by atoms with E-state index in [4.69, 9.17) is 15.9 Å². The fraction of sp³-hybridized carbons (Fsp3) is 0.450. The average Bonchev–Trinajstić information content (AvgIpc) is 3.40. The molecular formula is C20H25N5O. The van der Waals surface area contributed by atoms with Crippen LogP contribution < -0.4 is 15.4 Å². The lowest BCUT2D eigenvalue weighted by Crippen LogP contribution is -2.30. The third-order valence-electron chi connectivity index (χ3n) is 5.20. The van der Waals surface area contributed by atoms with Crippen LogP contribution in [0.15, 0.2) is 30.6 Å². The van der Waals surface area contributed by atoms with E-state index in [0.29, 0.717) is 22.7 Å². The highest BCUT2D eigenvalue weighted by Gasteiger charge is 2.40. The lowest BCUT2D eigenvalue weighted by molar-refractivity contribution is 0.200. The molecule has 0 unspecified atom stereocenters. The fourth-order valence-electron chi connectivity index (χ4n) is 3.30. The van der Waals surface area contributed by atoms with Gasteiger partial charge in [0.05, 0.1) is 11.4 Å². The topological polar surface area (TPSA) is 88.1 Å². The van der Waals surface area contributed by atoms with Crippen molar-refractivity contribution >= 4 is 17.2 Å². The number of nitrogens with two attached hydrogens (primary N) is 1. The quantitative estimate of drug-likeness (QED) is 0.637. The number of anilines is 2. The van der Waals surface area contributed by atoms with Gasteiger partial charge in [-0.1, -0.05) is 0 Å². The smallest absolute Gasteiger partial charge is 0.132 e. The van der Waals surface area contributed by atoms with Gasteiger partial charge in [0, 0.05) is 30.4 Å². The standard InChI is InChI=1S/C20H25N5O/c1-20(7-8-20)26-14-5-6-16(21)15(11-14)19(22)17-12-18(24-13-23-17)25-9-3-2-4-10-25/h5-6,11-13,22H,2-4,7-10,21H2,1H3. The summed E-state index contributed by atoms with van der Waals surface area (Å²) < 4.78 is 6.02. The van der Waals surface area contributed by atoms with Crippen LogP contribution in [0, 0.1) is 5.41 Å². The highest BCUT2D eigenvalue weighted by Crippen LogP contribution is 2.40. The van der Waals surface area contributed by atoms with Gasteiger partial charge in [-0.15, -0.1) is 0 Å². The average molecular weight is 351 g/mol. The number of benzene rings is 1. The Bertz CT molecular complexity index is 825. The van der Waals surface area contributed by atoms with Crippen LogP contribution >= 0.6 is 0 Å². The number of hydrogen-bond donors (Lipinski definition) is 2. The molecule has 2 aromatic rings. The normalized spacial score (nSPS) is 18.4.